The van der Waals surface area contributed by atoms with Gasteiger partial charge in [-0.25, -0.2) is 15.0 Å². The average molecular weight is 398 g/mol. The maximum atomic E-state index is 13.4. The molecule has 0 spiro atoms. The van der Waals surface area contributed by atoms with Crippen LogP contribution in [0.1, 0.15) is 24.6 Å². The van der Waals surface area contributed by atoms with Crippen LogP contribution in [0.5, 0.6) is 6.01 Å². The summed E-state index contributed by atoms with van der Waals surface area (Å²) >= 11 is 0. The van der Waals surface area contributed by atoms with Gasteiger partial charge < -0.3 is 20.3 Å². The van der Waals surface area contributed by atoms with Crippen molar-refractivity contribution in [2.24, 2.45) is 0 Å². The van der Waals surface area contributed by atoms with Crippen LogP contribution in [0.25, 0.3) is 22.2 Å². The van der Waals surface area contributed by atoms with E-state index in [1.165, 1.54) is 7.11 Å². The molecular formula is C19H22N6O4. The van der Waals surface area contributed by atoms with Crippen molar-refractivity contribution in [3.05, 3.63) is 34.5 Å². The van der Waals surface area contributed by atoms with Gasteiger partial charge in [-0.2, -0.15) is 4.98 Å². The number of hydrogen-bond acceptors (Lipinski definition) is 9. The van der Waals surface area contributed by atoms with Crippen molar-refractivity contribution in [2.45, 2.75) is 31.9 Å². The Hall–Kier alpha value is -3.11. The predicted molar refractivity (Wildman–Crippen MR) is 106 cm³/mol. The van der Waals surface area contributed by atoms with Crippen molar-refractivity contribution in [1.82, 2.24) is 24.5 Å². The second-order valence-electron chi connectivity index (χ2n) is 6.94. The van der Waals surface area contributed by atoms with E-state index in [0.717, 1.165) is 5.39 Å². The molecule has 3 aromatic rings. The molecule has 0 aliphatic heterocycles. The van der Waals surface area contributed by atoms with Gasteiger partial charge >= 0.3 is 6.01 Å². The van der Waals surface area contributed by atoms with E-state index in [9.17, 15) is 4.79 Å². The number of aliphatic hydroxyl groups excluding tert-OH is 1. The third-order valence-corrected chi connectivity index (χ3v) is 5.10. The van der Waals surface area contributed by atoms with Gasteiger partial charge in [0.05, 0.1) is 37.7 Å². The molecule has 1 aliphatic rings. The molecule has 152 valence electrons. The maximum Gasteiger partial charge on any atom is 0.316 e. The lowest BCUT2D eigenvalue weighted by Crippen LogP contribution is -2.39. The Morgan fingerprint density at radius 2 is 2.00 bits per heavy atom. The Balaban J connectivity index is 1.84. The molecule has 0 amide bonds. The minimum absolute atomic E-state index is 0.00218. The fourth-order valence-corrected chi connectivity index (χ4v) is 3.58. The fraction of sp³-hybridized carbons (Fsp3) is 0.421. The number of hydrogen-bond donors (Lipinski definition) is 2. The predicted octanol–water partition coefficient (Wildman–Crippen LogP) is 0.860. The summed E-state index contributed by atoms with van der Waals surface area (Å²) in [5, 5.41) is 9.67. The van der Waals surface area contributed by atoms with Gasteiger partial charge in [0.25, 0.3) is 5.56 Å². The number of nitrogen functional groups attached to an aromatic ring is 1. The molecule has 10 heteroatoms. The first-order valence-electron chi connectivity index (χ1n) is 9.30. The van der Waals surface area contributed by atoms with Crippen LogP contribution in [-0.2, 0) is 4.74 Å². The third-order valence-electron chi connectivity index (χ3n) is 5.10. The number of nitrogens with zero attached hydrogens (tertiary/aromatic N) is 5. The highest BCUT2D eigenvalue weighted by Gasteiger charge is 2.34. The maximum absolute atomic E-state index is 13.4. The van der Waals surface area contributed by atoms with E-state index in [2.05, 4.69) is 19.9 Å². The van der Waals surface area contributed by atoms with E-state index < -0.39 is 0 Å². The molecule has 3 aromatic heterocycles. The Bertz CT molecular complexity index is 1090. The van der Waals surface area contributed by atoms with E-state index in [0.29, 0.717) is 35.3 Å². The summed E-state index contributed by atoms with van der Waals surface area (Å²) < 4.78 is 12.2. The van der Waals surface area contributed by atoms with Crippen molar-refractivity contribution in [3.63, 3.8) is 0 Å². The number of aryl methyl sites for hydroxylation is 1. The minimum atomic E-state index is -0.200. The molecule has 10 nitrogen and oxygen atoms in total. The first-order chi connectivity index (χ1) is 14.0. The van der Waals surface area contributed by atoms with Crippen LogP contribution in [-0.4, -0.2) is 56.0 Å². The topological polar surface area (TPSA) is 138 Å². The Kier molecular flexibility index (Phi) is 5.12. The molecule has 29 heavy (non-hydrogen) atoms. The molecule has 0 bridgehead atoms. The Morgan fingerprint density at radius 1 is 1.28 bits per heavy atom. The molecule has 0 saturated heterocycles. The van der Waals surface area contributed by atoms with Gasteiger partial charge in [0.2, 0.25) is 5.95 Å². The molecular weight excluding hydrogens is 376 g/mol. The third kappa shape index (κ3) is 3.52. The summed E-state index contributed by atoms with van der Waals surface area (Å²) in [6.07, 6.45) is 4.42. The molecule has 0 atom stereocenters. The molecule has 3 heterocycles. The zero-order valence-corrected chi connectivity index (χ0v) is 16.2. The van der Waals surface area contributed by atoms with Gasteiger partial charge in [-0.15, -0.1) is 0 Å². The Morgan fingerprint density at radius 3 is 2.66 bits per heavy atom. The summed E-state index contributed by atoms with van der Waals surface area (Å²) in [4.78, 5) is 30.2. The van der Waals surface area contributed by atoms with Gasteiger partial charge in [0.1, 0.15) is 5.65 Å². The monoisotopic (exact) mass is 398 g/mol. The Labute approximate surface area is 166 Å². The first kappa shape index (κ1) is 19.2. The smallest absolute Gasteiger partial charge is 0.316 e. The number of fused-ring (bicyclic) bond motifs is 1. The lowest BCUT2D eigenvalue weighted by atomic mass is 9.88. The molecule has 1 saturated carbocycles. The second-order valence-corrected chi connectivity index (χ2v) is 6.94. The van der Waals surface area contributed by atoms with E-state index in [1.807, 2.05) is 6.92 Å². The molecule has 1 aliphatic carbocycles. The van der Waals surface area contributed by atoms with Crippen molar-refractivity contribution < 1.29 is 14.6 Å². The quantitative estimate of drug-likeness (QED) is 0.619. The summed E-state index contributed by atoms with van der Waals surface area (Å²) in [6.45, 7) is 2.09. The molecule has 3 N–H and O–H groups in total. The van der Waals surface area contributed by atoms with Gasteiger partial charge in [-0.1, -0.05) is 0 Å². The number of rotatable bonds is 6. The largest absolute Gasteiger partial charge is 0.467 e. The number of ether oxygens (including phenoxy) is 2. The van der Waals surface area contributed by atoms with Gasteiger partial charge in [-0.05, 0) is 25.8 Å². The lowest BCUT2D eigenvalue weighted by Gasteiger charge is -2.36. The van der Waals surface area contributed by atoms with Crippen LogP contribution in [0.3, 0.4) is 0 Å². The first-order valence-corrected chi connectivity index (χ1v) is 9.30. The molecule has 0 aromatic carbocycles. The van der Waals surface area contributed by atoms with Crippen LogP contribution in [0.4, 0.5) is 5.95 Å². The number of nitrogens with two attached hydrogens (primary N) is 1. The van der Waals surface area contributed by atoms with Crippen LogP contribution in [0.15, 0.2) is 23.3 Å². The number of aliphatic hydroxyl groups is 1. The number of anilines is 1. The normalized spacial score (nSPS) is 18.6. The molecule has 1 fully saturated rings. The van der Waals surface area contributed by atoms with E-state index >= 15 is 0 Å². The highest BCUT2D eigenvalue weighted by atomic mass is 16.5. The van der Waals surface area contributed by atoms with Crippen LogP contribution in [0.2, 0.25) is 0 Å². The molecule has 0 radical (unpaired) electrons. The summed E-state index contributed by atoms with van der Waals surface area (Å²) in [5.41, 5.74) is 7.88. The minimum Gasteiger partial charge on any atom is -0.467 e. The molecule has 4 rings (SSSR count). The van der Waals surface area contributed by atoms with Gasteiger partial charge in [0, 0.05) is 29.4 Å². The van der Waals surface area contributed by atoms with Crippen LogP contribution in [0, 0.1) is 6.92 Å². The van der Waals surface area contributed by atoms with Crippen molar-refractivity contribution >= 4 is 17.0 Å². The van der Waals surface area contributed by atoms with E-state index in [1.54, 1.807) is 23.0 Å². The lowest BCUT2D eigenvalue weighted by molar-refractivity contribution is -0.0381. The highest BCUT2D eigenvalue weighted by Crippen LogP contribution is 2.36. The second kappa shape index (κ2) is 7.72. The van der Waals surface area contributed by atoms with Gasteiger partial charge in [0.15, 0.2) is 0 Å². The summed E-state index contributed by atoms with van der Waals surface area (Å²) in [7, 11) is 1.48. The zero-order chi connectivity index (χ0) is 20.5. The van der Waals surface area contributed by atoms with Crippen molar-refractivity contribution in [2.75, 3.05) is 26.1 Å². The zero-order valence-electron chi connectivity index (χ0n) is 16.2. The summed E-state index contributed by atoms with van der Waals surface area (Å²) in [5.74, 6) is 0.121. The average Bonchev–Trinajstić information content (AvgIpc) is 2.68. The number of aromatic nitrogens is 5. The molecule has 0 unspecified atom stereocenters. The highest BCUT2D eigenvalue weighted by molar-refractivity contribution is 5.84. The summed E-state index contributed by atoms with van der Waals surface area (Å²) in [6, 6.07) is 1.90. The van der Waals surface area contributed by atoms with Crippen molar-refractivity contribution in [3.8, 4) is 17.1 Å². The number of methoxy groups -OCH3 is 1. The number of pyridine rings is 1. The van der Waals surface area contributed by atoms with E-state index in [4.69, 9.17) is 20.3 Å². The standard InChI is InChI=1S/C19H22N6O4/c1-10-14-7-15(11-8-21-19(28-2)22-9-11)17(27)25(16(14)24-18(20)23-10)12-5-13(6-12)29-4-3-26/h7-9,12-13,26H,3-6H2,1-2H3,(H2,20,23,24)/t12-,13-. The van der Waals surface area contributed by atoms with Crippen molar-refractivity contribution in [1.29, 1.82) is 0 Å². The van der Waals surface area contributed by atoms with Crippen LogP contribution >= 0.6 is 0 Å². The van der Waals surface area contributed by atoms with Gasteiger partial charge in [-0.3, -0.25) is 9.36 Å². The van der Waals surface area contributed by atoms with Crippen LogP contribution < -0.4 is 16.0 Å². The SMILES string of the molecule is COc1ncc(-c2cc3c(C)nc(N)nc3n([C@H]3C[C@H](OCCO)C3)c2=O)cn1. The van der Waals surface area contributed by atoms with E-state index in [-0.39, 0.29) is 42.9 Å². The fourth-order valence-electron chi connectivity index (χ4n) is 3.58.